The Hall–Kier alpha value is -0.840. The summed E-state index contributed by atoms with van der Waals surface area (Å²) in [4.78, 5) is 0. The molecule has 1 atom stereocenters. The van der Waals surface area contributed by atoms with Crippen LogP contribution in [-0.4, -0.2) is 42.0 Å². The average molecular weight is 413 g/mol. The zero-order chi connectivity index (χ0) is 22.4. The smallest absolute Gasteiger partial charge is 0.358 e. The number of halogens is 4. The largest absolute Gasteiger partial charge is 0.375 e. The van der Waals surface area contributed by atoms with E-state index in [1.165, 1.54) is 20.8 Å². The minimum Gasteiger partial charge on any atom is -0.375 e. The quantitative estimate of drug-likeness (QED) is 0.272. The Morgan fingerprint density at radius 1 is 0.929 bits per heavy atom. The van der Waals surface area contributed by atoms with Crippen LogP contribution in [0.3, 0.4) is 0 Å². The van der Waals surface area contributed by atoms with Crippen LogP contribution in [0, 0.1) is 18.3 Å². The Kier molecular flexibility index (Phi) is 9.48. The van der Waals surface area contributed by atoms with Crippen molar-refractivity contribution < 1.29 is 31.8 Å². The molecule has 0 bridgehead atoms. The molecule has 28 heavy (non-hydrogen) atoms. The van der Waals surface area contributed by atoms with Gasteiger partial charge in [-0.15, -0.1) is 6.42 Å². The molecule has 166 valence electrons. The number of terminal acetylenes is 1. The third kappa shape index (κ3) is 8.67. The van der Waals surface area contributed by atoms with Gasteiger partial charge in [0.05, 0.1) is 17.8 Å². The van der Waals surface area contributed by atoms with E-state index in [1.54, 1.807) is 6.92 Å². The Labute approximate surface area is 167 Å². The summed E-state index contributed by atoms with van der Waals surface area (Å²) in [6, 6.07) is 0. The molecule has 0 aliphatic rings. The van der Waals surface area contributed by atoms with E-state index in [0.717, 1.165) is 13.8 Å². The lowest BCUT2D eigenvalue weighted by molar-refractivity contribution is -0.354. The van der Waals surface area contributed by atoms with E-state index in [9.17, 15) is 17.6 Å². The summed E-state index contributed by atoms with van der Waals surface area (Å²) < 4.78 is 73.6. The molecule has 7 heteroatoms. The fraction of sp³-hybridized carbons (Fsp3) is 0.905. The number of alkyl halides is 4. The standard InChI is InChI=1S/C21H36F4O3/c1-10-13-26-17(4,5)12-14-27-18(6,7)15-20(22,23)19(8,9)28-21(24,25)16(3)11-2/h1,16H,11-15H2,2-9H3. The first-order valence-corrected chi connectivity index (χ1v) is 9.58. The molecule has 0 aromatic carbocycles. The highest BCUT2D eigenvalue weighted by atomic mass is 19.3. The Morgan fingerprint density at radius 2 is 1.46 bits per heavy atom. The maximum atomic E-state index is 14.8. The molecule has 0 aliphatic carbocycles. The van der Waals surface area contributed by atoms with Gasteiger partial charge in [0.25, 0.3) is 5.92 Å². The minimum absolute atomic E-state index is 0.112. The van der Waals surface area contributed by atoms with Crippen LogP contribution in [0.25, 0.3) is 0 Å². The summed E-state index contributed by atoms with van der Waals surface area (Å²) in [6.07, 6.45) is 1.30. The molecular weight excluding hydrogens is 376 g/mol. The van der Waals surface area contributed by atoms with Gasteiger partial charge in [0.2, 0.25) is 0 Å². The fourth-order valence-corrected chi connectivity index (χ4v) is 2.43. The lowest BCUT2D eigenvalue weighted by Gasteiger charge is -2.41. The molecule has 0 aromatic heterocycles. The second kappa shape index (κ2) is 9.77. The molecule has 3 nitrogen and oxygen atoms in total. The zero-order valence-electron chi connectivity index (χ0n) is 18.4. The number of hydrogen-bond acceptors (Lipinski definition) is 3. The average Bonchev–Trinajstić information content (AvgIpc) is 2.49. The third-order valence-electron chi connectivity index (χ3n) is 4.85. The van der Waals surface area contributed by atoms with Gasteiger partial charge in [-0.05, 0) is 54.4 Å². The first-order valence-electron chi connectivity index (χ1n) is 9.58. The van der Waals surface area contributed by atoms with Crippen molar-refractivity contribution in [3.8, 4) is 12.3 Å². The van der Waals surface area contributed by atoms with Gasteiger partial charge in [0.1, 0.15) is 12.2 Å². The predicted molar refractivity (Wildman–Crippen MR) is 103 cm³/mol. The molecule has 0 spiro atoms. The van der Waals surface area contributed by atoms with Crippen molar-refractivity contribution in [1.82, 2.24) is 0 Å². The summed E-state index contributed by atoms with van der Waals surface area (Å²) in [7, 11) is 0. The molecular formula is C21H36F4O3. The first kappa shape index (κ1) is 27.2. The van der Waals surface area contributed by atoms with E-state index >= 15 is 0 Å². The van der Waals surface area contributed by atoms with Crippen LogP contribution in [0.5, 0.6) is 0 Å². The molecule has 0 saturated carbocycles. The number of hydrogen-bond donors (Lipinski definition) is 0. The van der Waals surface area contributed by atoms with Crippen molar-refractivity contribution in [2.45, 2.75) is 103 Å². The molecule has 0 N–H and O–H groups in total. The molecule has 0 rings (SSSR count). The highest BCUT2D eigenvalue weighted by molar-refractivity contribution is 4.93. The zero-order valence-corrected chi connectivity index (χ0v) is 18.4. The molecule has 0 saturated heterocycles. The summed E-state index contributed by atoms with van der Waals surface area (Å²) in [5, 5.41) is 0. The summed E-state index contributed by atoms with van der Waals surface area (Å²) in [5.41, 5.74) is -4.18. The fourth-order valence-electron chi connectivity index (χ4n) is 2.43. The van der Waals surface area contributed by atoms with Crippen LogP contribution in [0.1, 0.15) is 74.7 Å². The highest BCUT2D eigenvalue weighted by Gasteiger charge is 2.56. The summed E-state index contributed by atoms with van der Waals surface area (Å²) in [5.74, 6) is -2.34. The summed E-state index contributed by atoms with van der Waals surface area (Å²) >= 11 is 0. The first-order chi connectivity index (χ1) is 12.4. The highest BCUT2D eigenvalue weighted by Crippen LogP contribution is 2.44. The topological polar surface area (TPSA) is 27.7 Å². The van der Waals surface area contributed by atoms with E-state index in [2.05, 4.69) is 10.7 Å². The molecule has 0 aromatic rings. The van der Waals surface area contributed by atoms with Gasteiger partial charge < -0.3 is 14.2 Å². The monoisotopic (exact) mass is 412 g/mol. The number of ether oxygens (including phenoxy) is 3. The summed E-state index contributed by atoms with van der Waals surface area (Å²) in [6.45, 7) is 11.7. The van der Waals surface area contributed by atoms with Gasteiger partial charge in [0, 0.05) is 12.3 Å². The second-order valence-electron chi connectivity index (χ2n) is 8.98. The van der Waals surface area contributed by atoms with E-state index in [-0.39, 0.29) is 19.6 Å². The Morgan fingerprint density at radius 3 is 1.93 bits per heavy atom. The molecule has 0 radical (unpaired) electrons. The molecule has 1 unspecified atom stereocenters. The van der Waals surface area contributed by atoms with E-state index in [0.29, 0.717) is 6.42 Å². The molecule has 0 heterocycles. The van der Waals surface area contributed by atoms with Gasteiger partial charge in [-0.1, -0.05) is 19.8 Å². The molecule has 0 amide bonds. The van der Waals surface area contributed by atoms with Crippen molar-refractivity contribution in [3.05, 3.63) is 0 Å². The van der Waals surface area contributed by atoms with Crippen molar-refractivity contribution in [1.29, 1.82) is 0 Å². The molecule has 0 aliphatic heterocycles. The minimum atomic E-state index is -3.65. The van der Waals surface area contributed by atoms with E-state index in [4.69, 9.17) is 15.9 Å². The van der Waals surface area contributed by atoms with Crippen LogP contribution >= 0.6 is 0 Å². The third-order valence-corrected chi connectivity index (χ3v) is 4.85. The van der Waals surface area contributed by atoms with Crippen molar-refractivity contribution in [2.75, 3.05) is 13.2 Å². The van der Waals surface area contributed by atoms with Crippen LogP contribution in [0.15, 0.2) is 0 Å². The van der Waals surface area contributed by atoms with Crippen molar-refractivity contribution >= 4 is 0 Å². The van der Waals surface area contributed by atoms with Gasteiger partial charge in [-0.3, -0.25) is 0 Å². The van der Waals surface area contributed by atoms with Crippen LogP contribution < -0.4 is 0 Å². The van der Waals surface area contributed by atoms with Gasteiger partial charge in [-0.25, -0.2) is 8.78 Å². The van der Waals surface area contributed by atoms with Crippen molar-refractivity contribution in [3.63, 3.8) is 0 Å². The van der Waals surface area contributed by atoms with E-state index in [1.807, 2.05) is 13.8 Å². The van der Waals surface area contributed by atoms with Gasteiger partial charge in [0.15, 0.2) is 0 Å². The van der Waals surface area contributed by atoms with Crippen LogP contribution in [-0.2, 0) is 14.2 Å². The normalized spacial score (nSPS) is 15.4. The van der Waals surface area contributed by atoms with Gasteiger partial charge >= 0.3 is 6.11 Å². The lowest BCUT2D eigenvalue weighted by atomic mass is 9.89. The SMILES string of the molecule is C#CCOC(C)(C)CCOC(C)(C)CC(F)(F)C(C)(C)OC(F)(F)C(C)CC. The lowest BCUT2D eigenvalue weighted by Crippen LogP contribution is -2.53. The van der Waals surface area contributed by atoms with E-state index < -0.39 is 41.2 Å². The van der Waals surface area contributed by atoms with Crippen LogP contribution in [0.4, 0.5) is 17.6 Å². The maximum Gasteiger partial charge on any atom is 0.358 e. The van der Waals surface area contributed by atoms with Crippen LogP contribution in [0.2, 0.25) is 0 Å². The van der Waals surface area contributed by atoms with Crippen molar-refractivity contribution in [2.24, 2.45) is 5.92 Å². The molecule has 0 fully saturated rings. The Balaban J connectivity index is 4.97. The number of rotatable bonds is 13. The predicted octanol–water partition coefficient (Wildman–Crippen LogP) is 6.06. The Bertz CT molecular complexity index is 522. The van der Waals surface area contributed by atoms with Gasteiger partial charge in [-0.2, -0.15) is 8.78 Å². The maximum absolute atomic E-state index is 14.8. The second-order valence-corrected chi connectivity index (χ2v) is 8.98.